The molecule has 106 heavy (non-hydrogen) atoms. The van der Waals surface area contributed by atoms with E-state index >= 15 is 0 Å². The van der Waals surface area contributed by atoms with Crippen molar-refractivity contribution < 1.29 is 64.6 Å². The van der Waals surface area contributed by atoms with Crippen molar-refractivity contribution in [3.05, 3.63) is 36.5 Å². The summed E-state index contributed by atoms with van der Waals surface area (Å²) in [4.78, 5) is 13.4. The van der Waals surface area contributed by atoms with Crippen molar-refractivity contribution in [2.75, 3.05) is 19.8 Å². The van der Waals surface area contributed by atoms with Gasteiger partial charge in [0.25, 0.3) is 0 Å². The summed E-state index contributed by atoms with van der Waals surface area (Å²) in [5.41, 5.74) is 0. The average Bonchev–Trinajstić information content (AvgIpc) is 0.789. The number of nitrogens with one attached hydrogen (secondary N) is 1. The lowest BCUT2D eigenvalue weighted by molar-refractivity contribution is -0.359. The molecule has 0 bridgehead atoms. The van der Waals surface area contributed by atoms with Crippen LogP contribution in [0.15, 0.2) is 36.5 Å². The van der Waals surface area contributed by atoms with Crippen molar-refractivity contribution >= 4 is 5.91 Å². The van der Waals surface area contributed by atoms with Crippen molar-refractivity contribution in [2.24, 2.45) is 0 Å². The van der Waals surface area contributed by atoms with E-state index in [2.05, 4.69) is 43.5 Å². The Morgan fingerprint density at radius 3 is 0.943 bits per heavy atom. The Hall–Kier alpha value is -1.79. The Morgan fingerprint density at radius 2 is 0.623 bits per heavy atom. The third-order valence-corrected chi connectivity index (χ3v) is 22.8. The fourth-order valence-electron chi connectivity index (χ4n) is 15.6. The summed E-state index contributed by atoms with van der Waals surface area (Å²) in [6, 6.07) is -0.915. The normalized spacial score (nSPS) is 21.4. The molecule has 14 heteroatoms. The fraction of sp³-hybridized carbons (Fsp3) is 0.924. The number of hydrogen-bond donors (Lipinski definition) is 9. The van der Waals surface area contributed by atoms with Crippen LogP contribution in [0.4, 0.5) is 0 Å². The second kappa shape index (κ2) is 75.9. The zero-order chi connectivity index (χ0) is 76.5. The van der Waals surface area contributed by atoms with Gasteiger partial charge in [-0.2, -0.15) is 0 Å². The Bertz CT molecular complexity index is 1920. The van der Waals surface area contributed by atoms with Gasteiger partial charge in [-0.3, -0.25) is 4.79 Å². The Kier molecular flexibility index (Phi) is 71.8. The number of amides is 1. The summed E-state index contributed by atoms with van der Waals surface area (Å²) < 4.78 is 23.0. The molecular formula is C92H175NO13. The summed E-state index contributed by atoms with van der Waals surface area (Å²) in [7, 11) is 0. The fourth-order valence-corrected chi connectivity index (χ4v) is 15.6. The van der Waals surface area contributed by atoms with Crippen molar-refractivity contribution in [3.8, 4) is 0 Å². The molecule has 626 valence electrons. The first-order valence-corrected chi connectivity index (χ1v) is 46.2. The van der Waals surface area contributed by atoms with E-state index in [1.54, 1.807) is 6.08 Å². The predicted octanol–water partition coefficient (Wildman–Crippen LogP) is 22.7. The molecule has 0 aliphatic carbocycles. The van der Waals surface area contributed by atoms with Gasteiger partial charge < -0.3 is 65.1 Å². The first-order valence-electron chi connectivity index (χ1n) is 46.2. The molecule has 2 aliphatic rings. The number of carbonyl (C=O) groups excluding carboxylic acids is 1. The van der Waals surface area contributed by atoms with Gasteiger partial charge in [0.15, 0.2) is 12.6 Å². The van der Waals surface area contributed by atoms with Crippen LogP contribution in [0.3, 0.4) is 0 Å². The molecule has 0 saturated carbocycles. The first kappa shape index (κ1) is 100. The molecule has 12 atom stereocenters. The molecule has 2 rings (SSSR count). The lowest BCUT2D eigenvalue weighted by atomic mass is 9.97. The topological polar surface area (TPSA) is 228 Å². The van der Waals surface area contributed by atoms with Gasteiger partial charge >= 0.3 is 0 Å². The highest BCUT2D eigenvalue weighted by Crippen LogP contribution is 2.31. The summed E-state index contributed by atoms with van der Waals surface area (Å²) in [5.74, 6) is -0.229. The molecule has 2 aliphatic heterocycles. The van der Waals surface area contributed by atoms with Crippen molar-refractivity contribution in [1.82, 2.24) is 5.32 Å². The smallest absolute Gasteiger partial charge is 0.220 e. The number of aliphatic hydroxyl groups excluding tert-OH is 8. The predicted molar refractivity (Wildman–Crippen MR) is 443 cm³/mol. The van der Waals surface area contributed by atoms with E-state index in [-0.39, 0.29) is 18.9 Å². The van der Waals surface area contributed by atoms with Crippen molar-refractivity contribution in [3.63, 3.8) is 0 Å². The quantitative estimate of drug-likeness (QED) is 0.0204. The highest BCUT2D eigenvalue weighted by molar-refractivity contribution is 5.76. The third-order valence-electron chi connectivity index (χ3n) is 22.8. The van der Waals surface area contributed by atoms with Gasteiger partial charge in [-0.1, -0.05) is 429 Å². The van der Waals surface area contributed by atoms with Crippen LogP contribution in [0.1, 0.15) is 450 Å². The van der Waals surface area contributed by atoms with Crippen molar-refractivity contribution in [1.29, 1.82) is 0 Å². The van der Waals surface area contributed by atoms with E-state index in [4.69, 9.17) is 18.9 Å². The molecular weight excluding hydrogens is 1330 g/mol. The molecule has 0 aromatic heterocycles. The number of ether oxygens (including phenoxy) is 4. The average molecular weight is 1500 g/mol. The Labute approximate surface area is 652 Å². The number of allylic oxidation sites excluding steroid dienone is 5. The van der Waals surface area contributed by atoms with E-state index in [0.29, 0.717) is 6.42 Å². The van der Waals surface area contributed by atoms with Crippen LogP contribution in [0.2, 0.25) is 0 Å². The standard InChI is InChI=1S/C92H175NO13/c1-3-5-7-9-11-13-15-17-19-21-23-25-27-29-31-33-35-37-38-39-40-41-42-44-46-48-50-52-54-56-58-60-62-64-66-68-70-72-74-76-84(97)93-80(79-103-91-89(102)87(100)90(83(78-95)105-91)106-92-88(101)86(99)85(98)82(77-94)104-92)81(96)75-73-71-69-67-65-63-61-59-57-55-53-51-49-47-45-43-36-34-32-30-28-26-24-22-20-18-16-14-12-10-8-6-4-2/h15,17,21,23,73,75,80-83,85-92,94-96,98-102H,3-14,16,18-20,22,24-72,74,76-79H2,1-2H3,(H,93,97)/b17-15-,23-21-,75-73+. The zero-order valence-electron chi connectivity index (χ0n) is 69.2. The maximum atomic E-state index is 13.4. The highest BCUT2D eigenvalue weighted by Gasteiger charge is 2.51. The Balaban J connectivity index is 1.55. The van der Waals surface area contributed by atoms with Crippen LogP contribution in [0.5, 0.6) is 0 Å². The highest BCUT2D eigenvalue weighted by atomic mass is 16.7. The van der Waals surface area contributed by atoms with E-state index in [0.717, 1.165) is 44.9 Å². The van der Waals surface area contributed by atoms with E-state index in [1.165, 1.54) is 379 Å². The van der Waals surface area contributed by atoms with Gasteiger partial charge in [-0.25, -0.2) is 0 Å². The molecule has 1 amide bonds. The zero-order valence-corrected chi connectivity index (χ0v) is 69.2. The minimum Gasteiger partial charge on any atom is -0.394 e. The maximum absolute atomic E-state index is 13.4. The molecule has 2 fully saturated rings. The summed E-state index contributed by atoms with van der Waals surface area (Å²) in [6.07, 6.45) is 85.6. The molecule has 14 nitrogen and oxygen atoms in total. The second-order valence-electron chi connectivity index (χ2n) is 32.8. The van der Waals surface area contributed by atoms with Gasteiger partial charge in [0, 0.05) is 6.42 Å². The lowest BCUT2D eigenvalue weighted by Crippen LogP contribution is -2.65. The molecule has 2 heterocycles. The van der Waals surface area contributed by atoms with Crippen LogP contribution in [0, 0.1) is 0 Å². The minimum absolute atomic E-state index is 0.229. The number of aliphatic hydroxyl groups is 8. The van der Waals surface area contributed by atoms with Gasteiger partial charge in [-0.05, 0) is 51.4 Å². The molecule has 12 unspecified atom stereocenters. The molecule has 0 aromatic rings. The maximum Gasteiger partial charge on any atom is 0.220 e. The van der Waals surface area contributed by atoms with E-state index in [1.807, 2.05) is 6.08 Å². The van der Waals surface area contributed by atoms with Crippen LogP contribution >= 0.6 is 0 Å². The molecule has 0 radical (unpaired) electrons. The van der Waals surface area contributed by atoms with Gasteiger partial charge in [-0.15, -0.1) is 0 Å². The Morgan fingerprint density at radius 1 is 0.340 bits per heavy atom. The lowest BCUT2D eigenvalue weighted by Gasteiger charge is -2.46. The van der Waals surface area contributed by atoms with Crippen LogP contribution in [-0.4, -0.2) is 140 Å². The minimum atomic E-state index is -1.79. The second-order valence-corrected chi connectivity index (χ2v) is 32.8. The molecule has 0 aromatic carbocycles. The summed E-state index contributed by atoms with van der Waals surface area (Å²) >= 11 is 0. The van der Waals surface area contributed by atoms with Crippen LogP contribution in [0.25, 0.3) is 0 Å². The summed E-state index contributed by atoms with van der Waals surface area (Å²) in [6.45, 7) is 2.87. The monoisotopic (exact) mass is 1500 g/mol. The van der Waals surface area contributed by atoms with Gasteiger partial charge in [0.2, 0.25) is 5.91 Å². The van der Waals surface area contributed by atoms with Crippen LogP contribution < -0.4 is 5.32 Å². The third kappa shape index (κ3) is 57.3. The van der Waals surface area contributed by atoms with E-state index in [9.17, 15) is 45.6 Å². The first-order chi connectivity index (χ1) is 52.1. The largest absolute Gasteiger partial charge is 0.394 e. The molecule has 2 saturated heterocycles. The van der Waals surface area contributed by atoms with Gasteiger partial charge in [0.1, 0.15) is 48.8 Å². The van der Waals surface area contributed by atoms with Crippen LogP contribution in [-0.2, 0) is 23.7 Å². The number of carbonyl (C=O) groups is 1. The summed E-state index contributed by atoms with van der Waals surface area (Å²) in [5, 5.41) is 87.9. The number of unbranched alkanes of at least 4 members (excludes halogenated alkanes) is 63. The number of rotatable bonds is 80. The van der Waals surface area contributed by atoms with Gasteiger partial charge in [0.05, 0.1) is 32.0 Å². The van der Waals surface area contributed by atoms with E-state index < -0.39 is 86.8 Å². The molecule has 9 N–H and O–H groups in total. The van der Waals surface area contributed by atoms with Crippen molar-refractivity contribution in [2.45, 2.75) is 524 Å². The number of hydrogen-bond acceptors (Lipinski definition) is 13. The molecule has 0 spiro atoms. The SMILES string of the molecule is CCCCCCC/C=C\C/C=C\CCCCCCCCCCCCCCCCCCCCCCCCCCCCCC(=O)NC(COC1OC(CO)C(OC2OC(CO)C(O)C(O)C2O)C(O)C1O)C(O)/C=C/CCCCCCCCCCCCCCCCCCCCCCCCCCCCCCCCC.